The molecule has 0 aliphatic carbocycles. The van der Waals surface area contributed by atoms with E-state index in [0.29, 0.717) is 6.54 Å². The van der Waals surface area contributed by atoms with E-state index in [4.69, 9.17) is 23.2 Å². The second kappa shape index (κ2) is 14.5. The number of rotatable bonds is 13. The SMILES string of the molecule is CCCCNC(=O)[C@@H](Cc1ccccc1)N(Cc1ccccc1C)C(=O)CN(c1cc(Cl)ccc1Cl)S(C)(=O)=O. The molecule has 0 aliphatic heterocycles. The van der Waals surface area contributed by atoms with Crippen molar-refractivity contribution < 1.29 is 18.0 Å². The summed E-state index contributed by atoms with van der Waals surface area (Å²) in [6.07, 6.45) is 2.96. The van der Waals surface area contributed by atoms with Crippen LogP contribution in [0.25, 0.3) is 0 Å². The van der Waals surface area contributed by atoms with Crippen LogP contribution in [0, 0.1) is 6.92 Å². The molecule has 1 N–H and O–H groups in total. The van der Waals surface area contributed by atoms with Gasteiger partial charge in [0.25, 0.3) is 0 Å². The number of halogens is 2. The summed E-state index contributed by atoms with van der Waals surface area (Å²) in [7, 11) is -3.95. The molecule has 1 atom stereocenters. The van der Waals surface area contributed by atoms with Gasteiger partial charge in [0.05, 0.1) is 17.0 Å². The third-order valence-electron chi connectivity index (χ3n) is 6.56. The topological polar surface area (TPSA) is 86.8 Å². The highest BCUT2D eigenvalue weighted by atomic mass is 35.5. The normalized spacial score (nSPS) is 12.0. The van der Waals surface area contributed by atoms with Gasteiger partial charge < -0.3 is 10.2 Å². The van der Waals surface area contributed by atoms with Crippen molar-refractivity contribution in [1.82, 2.24) is 10.2 Å². The van der Waals surface area contributed by atoms with Crippen LogP contribution < -0.4 is 9.62 Å². The Morgan fingerprint density at radius 2 is 1.65 bits per heavy atom. The maximum atomic E-state index is 14.1. The van der Waals surface area contributed by atoms with Gasteiger partial charge in [0.1, 0.15) is 12.6 Å². The lowest BCUT2D eigenvalue weighted by atomic mass is 10.0. The fraction of sp³-hybridized carbons (Fsp3) is 0.333. The monoisotopic (exact) mass is 603 g/mol. The van der Waals surface area contributed by atoms with Crippen LogP contribution in [0.4, 0.5) is 5.69 Å². The lowest BCUT2D eigenvalue weighted by molar-refractivity contribution is -0.140. The van der Waals surface area contributed by atoms with Crippen LogP contribution in [0.5, 0.6) is 0 Å². The third kappa shape index (κ3) is 8.71. The minimum absolute atomic E-state index is 0.0906. The van der Waals surface area contributed by atoms with Crippen LogP contribution in [-0.4, -0.2) is 50.5 Å². The largest absolute Gasteiger partial charge is 0.354 e. The molecule has 0 bridgehead atoms. The summed E-state index contributed by atoms with van der Waals surface area (Å²) >= 11 is 12.5. The van der Waals surface area contributed by atoms with Gasteiger partial charge in [-0.2, -0.15) is 0 Å². The molecule has 40 heavy (non-hydrogen) atoms. The summed E-state index contributed by atoms with van der Waals surface area (Å²) in [5.41, 5.74) is 2.76. The highest BCUT2D eigenvalue weighted by molar-refractivity contribution is 7.92. The molecule has 10 heteroatoms. The van der Waals surface area contributed by atoms with E-state index in [0.717, 1.165) is 40.1 Å². The second-order valence-corrected chi connectivity index (χ2v) is 12.4. The van der Waals surface area contributed by atoms with Crippen molar-refractivity contribution in [3.05, 3.63) is 99.5 Å². The first kappa shape index (κ1) is 31.5. The molecular weight excluding hydrogens is 569 g/mol. The maximum absolute atomic E-state index is 14.1. The Morgan fingerprint density at radius 1 is 0.975 bits per heavy atom. The van der Waals surface area contributed by atoms with E-state index in [9.17, 15) is 18.0 Å². The Balaban J connectivity index is 2.07. The van der Waals surface area contributed by atoms with Gasteiger partial charge in [-0.1, -0.05) is 91.1 Å². The summed E-state index contributed by atoms with van der Waals surface area (Å²) in [5, 5.41) is 3.37. The minimum Gasteiger partial charge on any atom is -0.354 e. The minimum atomic E-state index is -3.95. The van der Waals surface area contributed by atoms with E-state index < -0.39 is 28.5 Å². The average Bonchev–Trinajstić information content (AvgIpc) is 2.91. The standard InChI is InChI=1S/C30H35Cl2N3O4S/c1-4-5-17-33-30(37)28(18-23-12-7-6-8-13-23)34(20-24-14-10-9-11-22(24)2)29(36)21-35(40(3,38)39)27-19-25(31)15-16-26(27)32/h6-16,19,28H,4-5,17-18,20-21H2,1-3H3,(H,33,37)/t28-/m1/s1. The molecule has 3 aromatic rings. The van der Waals surface area contributed by atoms with Gasteiger partial charge in [-0.05, 0) is 48.2 Å². The lowest BCUT2D eigenvalue weighted by Gasteiger charge is -2.34. The van der Waals surface area contributed by atoms with E-state index in [1.807, 2.05) is 68.4 Å². The zero-order chi connectivity index (χ0) is 29.3. The van der Waals surface area contributed by atoms with Gasteiger partial charge in [0.15, 0.2) is 0 Å². The fourth-order valence-corrected chi connectivity index (χ4v) is 5.59. The first-order valence-corrected chi connectivity index (χ1v) is 15.7. The second-order valence-electron chi connectivity index (χ2n) is 9.66. The lowest BCUT2D eigenvalue weighted by Crippen LogP contribution is -2.53. The molecular formula is C30H35Cl2N3O4S. The van der Waals surface area contributed by atoms with Gasteiger partial charge in [0, 0.05) is 24.5 Å². The molecule has 0 heterocycles. The molecule has 214 valence electrons. The molecule has 3 rings (SSSR count). The number of nitrogens with zero attached hydrogens (tertiary/aromatic N) is 2. The number of aryl methyl sites for hydroxylation is 1. The molecule has 0 aliphatic rings. The van der Waals surface area contributed by atoms with Gasteiger partial charge in [0.2, 0.25) is 21.8 Å². The van der Waals surface area contributed by atoms with E-state index in [2.05, 4.69) is 5.32 Å². The number of sulfonamides is 1. The number of unbranched alkanes of at least 4 members (excludes halogenated alkanes) is 1. The van der Waals surface area contributed by atoms with Crippen molar-refractivity contribution in [2.45, 2.75) is 45.7 Å². The third-order valence-corrected chi connectivity index (χ3v) is 8.24. The molecule has 0 fully saturated rings. The first-order valence-electron chi connectivity index (χ1n) is 13.1. The number of amides is 2. The predicted octanol–water partition coefficient (Wildman–Crippen LogP) is 5.62. The number of nitrogens with one attached hydrogen (secondary N) is 1. The Bertz CT molecular complexity index is 1420. The predicted molar refractivity (Wildman–Crippen MR) is 162 cm³/mol. The quantitative estimate of drug-likeness (QED) is 0.257. The van der Waals surface area contributed by atoms with Gasteiger partial charge in [-0.3, -0.25) is 13.9 Å². The average molecular weight is 605 g/mol. The van der Waals surface area contributed by atoms with E-state index in [1.165, 1.54) is 23.1 Å². The highest BCUT2D eigenvalue weighted by Gasteiger charge is 2.33. The number of hydrogen-bond acceptors (Lipinski definition) is 4. The zero-order valence-corrected chi connectivity index (χ0v) is 25.3. The van der Waals surface area contributed by atoms with Crippen molar-refractivity contribution in [3.63, 3.8) is 0 Å². The van der Waals surface area contributed by atoms with Crippen LogP contribution in [0.1, 0.15) is 36.5 Å². The number of benzene rings is 3. The van der Waals surface area contributed by atoms with E-state index in [1.54, 1.807) is 0 Å². The molecule has 0 saturated heterocycles. The summed E-state index contributed by atoms with van der Waals surface area (Å²) in [4.78, 5) is 29.2. The van der Waals surface area contributed by atoms with Crippen LogP contribution in [-0.2, 0) is 32.6 Å². The Kier molecular flexibility index (Phi) is 11.4. The number of anilines is 1. The molecule has 2 amide bonds. The van der Waals surface area contributed by atoms with Gasteiger partial charge >= 0.3 is 0 Å². The summed E-state index contributed by atoms with van der Waals surface area (Å²) in [6.45, 7) is 3.99. The Labute approximate surface area is 247 Å². The Hall–Kier alpha value is -3.07. The van der Waals surface area contributed by atoms with E-state index in [-0.39, 0.29) is 34.6 Å². The summed E-state index contributed by atoms with van der Waals surface area (Å²) in [6, 6.07) is 20.6. The van der Waals surface area contributed by atoms with Crippen LogP contribution in [0.15, 0.2) is 72.8 Å². The van der Waals surface area contributed by atoms with Crippen LogP contribution in [0.3, 0.4) is 0 Å². The van der Waals surface area contributed by atoms with Gasteiger partial charge in [-0.15, -0.1) is 0 Å². The number of carbonyl (C=O) groups is 2. The summed E-state index contributed by atoms with van der Waals surface area (Å²) in [5.74, 6) is -0.845. The first-order chi connectivity index (χ1) is 19.0. The van der Waals surface area contributed by atoms with Crippen molar-refractivity contribution >= 4 is 50.7 Å². The van der Waals surface area contributed by atoms with Gasteiger partial charge in [-0.25, -0.2) is 8.42 Å². The van der Waals surface area contributed by atoms with Crippen molar-refractivity contribution in [2.24, 2.45) is 0 Å². The van der Waals surface area contributed by atoms with Crippen molar-refractivity contribution in [3.8, 4) is 0 Å². The summed E-state index contributed by atoms with van der Waals surface area (Å²) < 4.78 is 26.8. The highest BCUT2D eigenvalue weighted by Crippen LogP contribution is 2.31. The molecule has 0 aromatic heterocycles. The maximum Gasteiger partial charge on any atom is 0.244 e. The smallest absolute Gasteiger partial charge is 0.244 e. The van der Waals surface area contributed by atoms with Crippen LogP contribution >= 0.6 is 23.2 Å². The van der Waals surface area contributed by atoms with Crippen molar-refractivity contribution in [2.75, 3.05) is 23.7 Å². The molecule has 0 radical (unpaired) electrons. The molecule has 0 unspecified atom stereocenters. The molecule has 0 saturated carbocycles. The molecule has 7 nitrogen and oxygen atoms in total. The Morgan fingerprint density at radius 3 is 2.30 bits per heavy atom. The van der Waals surface area contributed by atoms with Crippen LogP contribution in [0.2, 0.25) is 10.0 Å². The zero-order valence-electron chi connectivity index (χ0n) is 22.9. The number of carbonyl (C=O) groups excluding carboxylic acids is 2. The molecule has 3 aromatic carbocycles. The number of hydrogen-bond donors (Lipinski definition) is 1. The fourth-order valence-electron chi connectivity index (χ4n) is 4.30. The molecule has 0 spiro atoms. The van der Waals surface area contributed by atoms with Crippen molar-refractivity contribution in [1.29, 1.82) is 0 Å². The van der Waals surface area contributed by atoms with E-state index >= 15 is 0 Å².